The summed E-state index contributed by atoms with van der Waals surface area (Å²) in [5, 5.41) is 14.0. The molecule has 2 heterocycles. The Labute approximate surface area is 223 Å². The number of H-pyrrole nitrogens is 1. The molecule has 15 heteroatoms. The Morgan fingerprint density at radius 1 is 1.00 bits per heavy atom. The summed E-state index contributed by atoms with van der Waals surface area (Å²) < 4.78 is 22.3. The number of carbonyl (C=O) groups excluding carboxylic acids is 1. The maximum absolute atomic E-state index is 12.6. The lowest BCUT2D eigenvalue weighted by Crippen LogP contribution is -2.37. The highest BCUT2D eigenvalue weighted by molar-refractivity contribution is 5.82. The van der Waals surface area contributed by atoms with Gasteiger partial charge in [-0.25, -0.2) is 9.59 Å². The fraction of sp³-hybridized carbons (Fsp3) is 0.458. The van der Waals surface area contributed by atoms with Crippen molar-refractivity contribution in [3.63, 3.8) is 0 Å². The molecule has 2 aromatic heterocycles. The van der Waals surface area contributed by atoms with E-state index in [-0.39, 0.29) is 56.3 Å². The quantitative estimate of drug-likeness (QED) is 0.143. The summed E-state index contributed by atoms with van der Waals surface area (Å²) in [6, 6.07) is 7.13. The number of nitrogens with two attached hydrogens (primary N) is 1. The summed E-state index contributed by atoms with van der Waals surface area (Å²) in [6.45, 7) is 2.49. The highest BCUT2D eigenvalue weighted by Crippen LogP contribution is 2.18. The summed E-state index contributed by atoms with van der Waals surface area (Å²) in [7, 11) is 1.55. The molecule has 0 spiro atoms. The number of ether oxygens (including phenoxy) is 4. The van der Waals surface area contributed by atoms with Gasteiger partial charge in [-0.1, -0.05) is 24.3 Å². The smallest absolute Gasteiger partial charge is 0.328 e. The molecule has 0 aliphatic heterocycles. The minimum Gasteiger partial charge on any atom is -0.481 e. The molecule has 212 valence electrons. The van der Waals surface area contributed by atoms with Crippen molar-refractivity contribution < 1.29 is 33.6 Å². The SMILES string of the molecule is COCCOc1nc(N)c2[nH]c(=O)n(Cc3ccc(CNC(=O)NCCOCCOCCC(=O)O)cc3)c2n1. The second-order valence-electron chi connectivity index (χ2n) is 8.24. The van der Waals surface area contributed by atoms with Crippen LogP contribution in [0.3, 0.4) is 0 Å². The van der Waals surface area contributed by atoms with Crippen molar-refractivity contribution in [2.45, 2.75) is 19.5 Å². The molecule has 0 atom stereocenters. The predicted octanol–water partition coefficient (Wildman–Crippen LogP) is 0.0824. The van der Waals surface area contributed by atoms with E-state index in [0.717, 1.165) is 11.1 Å². The van der Waals surface area contributed by atoms with Crippen LogP contribution < -0.4 is 26.8 Å². The van der Waals surface area contributed by atoms with Gasteiger partial charge >= 0.3 is 23.7 Å². The fourth-order valence-corrected chi connectivity index (χ4v) is 3.37. The van der Waals surface area contributed by atoms with Gasteiger partial charge in [-0.2, -0.15) is 9.97 Å². The van der Waals surface area contributed by atoms with Crippen LogP contribution in [-0.2, 0) is 32.1 Å². The zero-order chi connectivity index (χ0) is 28.0. The van der Waals surface area contributed by atoms with E-state index in [1.807, 2.05) is 24.3 Å². The van der Waals surface area contributed by atoms with Gasteiger partial charge in [0.05, 0.1) is 46.0 Å². The van der Waals surface area contributed by atoms with Crippen molar-refractivity contribution >= 4 is 29.0 Å². The summed E-state index contributed by atoms with van der Waals surface area (Å²) in [5.74, 6) is -0.804. The van der Waals surface area contributed by atoms with Gasteiger partial charge in [0.15, 0.2) is 11.5 Å². The van der Waals surface area contributed by atoms with Crippen LogP contribution >= 0.6 is 0 Å². The van der Waals surface area contributed by atoms with Crippen molar-refractivity contribution in [3.05, 3.63) is 45.9 Å². The van der Waals surface area contributed by atoms with E-state index >= 15 is 0 Å². The molecule has 0 fully saturated rings. The molecule has 1 aromatic carbocycles. The zero-order valence-electron chi connectivity index (χ0n) is 21.6. The number of aromatic amines is 1. The van der Waals surface area contributed by atoms with Gasteiger partial charge in [-0.3, -0.25) is 9.36 Å². The summed E-state index contributed by atoms with van der Waals surface area (Å²) in [4.78, 5) is 46.0. The van der Waals surface area contributed by atoms with Crippen molar-refractivity contribution in [2.75, 3.05) is 59.0 Å². The predicted molar refractivity (Wildman–Crippen MR) is 140 cm³/mol. The number of anilines is 1. The van der Waals surface area contributed by atoms with Gasteiger partial charge in [-0.05, 0) is 11.1 Å². The zero-order valence-corrected chi connectivity index (χ0v) is 21.6. The average Bonchev–Trinajstić information content (AvgIpc) is 3.22. The number of amides is 2. The number of aliphatic carboxylic acids is 1. The molecule has 0 radical (unpaired) electrons. The van der Waals surface area contributed by atoms with Gasteiger partial charge in [-0.15, -0.1) is 0 Å². The lowest BCUT2D eigenvalue weighted by Gasteiger charge is -2.09. The highest BCUT2D eigenvalue weighted by atomic mass is 16.5. The van der Waals surface area contributed by atoms with Gasteiger partial charge in [0.25, 0.3) is 0 Å². The number of carboxylic acids is 1. The highest BCUT2D eigenvalue weighted by Gasteiger charge is 2.15. The second-order valence-corrected chi connectivity index (χ2v) is 8.24. The number of fused-ring (bicyclic) bond motifs is 1. The van der Waals surface area contributed by atoms with E-state index in [0.29, 0.717) is 44.1 Å². The third-order valence-electron chi connectivity index (χ3n) is 5.33. The molecule has 0 aliphatic rings. The number of nitrogen functional groups attached to an aromatic ring is 1. The largest absolute Gasteiger partial charge is 0.481 e. The van der Waals surface area contributed by atoms with Crippen molar-refractivity contribution in [1.82, 2.24) is 30.2 Å². The Morgan fingerprint density at radius 3 is 2.44 bits per heavy atom. The Morgan fingerprint density at radius 2 is 1.72 bits per heavy atom. The topological polar surface area (TPSA) is 205 Å². The number of hydrogen-bond acceptors (Lipinski definition) is 10. The van der Waals surface area contributed by atoms with E-state index in [4.69, 9.17) is 29.8 Å². The molecule has 0 aliphatic carbocycles. The number of aromatic nitrogens is 4. The molecule has 0 saturated heterocycles. The molecule has 0 unspecified atom stereocenters. The molecule has 3 aromatic rings. The number of imidazole rings is 1. The number of rotatable bonds is 17. The summed E-state index contributed by atoms with van der Waals surface area (Å²) in [5.41, 5.74) is 7.98. The molecule has 15 nitrogen and oxygen atoms in total. The molecule has 6 N–H and O–H groups in total. The van der Waals surface area contributed by atoms with Crippen LogP contribution in [-0.4, -0.2) is 89.9 Å². The first-order valence-corrected chi connectivity index (χ1v) is 12.2. The van der Waals surface area contributed by atoms with E-state index in [1.54, 1.807) is 7.11 Å². The van der Waals surface area contributed by atoms with Crippen LogP contribution in [0.1, 0.15) is 17.5 Å². The van der Waals surface area contributed by atoms with Crippen molar-refractivity contribution in [1.29, 1.82) is 0 Å². The molecule has 0 saturated carbocycles. The van der Waals surface area contributed by atoms with Crippen molar-refractivity contribution in [3.8, 4) is 6.01 Å². The minimum atomic E-state index is -0.912. The van der Waals surface area contributed by atoms with Gasteiger partial charge < -0.3 is 45.4 Å². The van der Waals surface area contributed by atoms with Crippen LogP contribution in [0.4, 0.5) is 10.6 Å². The first-order valence-electron chi connectivity index (χ1n) is 12.2. The average molecular weight is 548 g/mol. The fourth-order valence-electron chi connectivity index (χ4n) is 3.37. The number of nitrogens with one attached hydrogen (secondary N) is 3. The molecule has 0 bridgehead atoms. The number of carboxylic acid groups (broad SMARTS) is 1. The monoisotopic (exact) mass is 547 g/mol. The van der Waals surface area contributed by atoms with Gasteiger partial charge in [0.1, 0.15) is 12.1 Å². The van der Waals surface area contributed by atoms with Gasteiger partial charge in [0, 0.05) is 20.2 Å². The van der Waals surface area contributed by atoms with E-state index in [9.17, 15) is 14.4 Å². The van der Waals surface area contributed by atoms with Crippen LogP contribution in [0.25, 0.3) is 11.2 Å². The number of methoxy groups -OCH3 is 1. The van der Waals surface area contributed by atoms with Crippen LogP contribution in [0, 0.1) is 0 Å². The number of nitrogens with zero attached hydrogens (tertiary/aromatic N) is 3. The van der Waals surface area contributed by atoms with Crippen LogP contribution in [0.2, 0.25) is 0 Å². The lowest BCUT2D eigenvalue weighted by molar-refractivity contribution is -0.138. The third kappa shape index (κ3) is 9.55. The maximum Gasteiger partial charge on any atom is 0.328 e. The summed E-state index contributed by atoms with van der Waals surface area (Å²) >= 11 is 0. The Bertz CT molecular complexity index is 1280. The first-order chi connectivity index (χ1) is 18.9. The van der Waals surface area contributed by atoms with E-state index < -0.39 is 5.97 Å². The molecule has 3 rings (SSSR count). The van der Waals surface area contributed by atoms with Gasteiger partial charge in [0.2, 0.25) is 0 Å². The first kappa shape index (κ1) is 29.3. The number of hydrogen-bond donors (Lipinski definition) is 5. The Balaban J connectivity index is 1.43. The number of carbonyl (C=O) groups is 2. The molecule has 39 heavy (non-hydrogen) atoms. The Hall–Kier alpha value is -4.21. The molecule has 2 amide bonds. The van der Waals surface area contributed by atoms with E-state index in [1.165, 1.54) is 4.57 Å². The van der Waals surface area contributed by atoms with E-state index in [2.05, 4.69) is 25.6 Å². The minimum absolute atomic E-state index is 0.0494. The van der Waals surface area contributed by atoms with Crippen molar-refractivity contribution in [2.24, 2.45) is 0 Å². The number of benzene rings is 1. The normalized spacial score (nSPS) is 11.0. The van der Waals surface area contributed by atoms with Crippen LogP contribution in [0.15, 0.2) is 29.1 Å². The second kappa shape index (κ2) is 15.3. The number of urea groups is 1. The Kier molecular flexibility index (Phi) is 11.5. The summed E-state index contributed by atoms with van der Waals surface area (Å²) in [6.07, 6.45) is -0.0494. The molecular weight excluding hydrogens is 514 g/mol. The third-order valence-corrected chi connectivity index (χ3v) is 5.33. The standard InChI is InChI=1S/C24H33N7O8/c1-36-10-13-39-23-29-20(25)19-21(30-23)31(24(35)28-19)15-17-4-2-16(3-5-17)14-27-22(34)26-7-9-38-12-11-37-8-6-18(32)33/h2-5H,6-15H2,1H3,(H,28,35)(H,32,33)(H2,25,29,30)(H2,26,27,34). The van der Waals surface area contributed by atoms with Crippen LogP contribution in [0.5, 0.6) is 6.01 Å². The lowest BCUT2D eigenvalue weighted by atomic mass is 10.1. The maximum atomic E-state index is 12.6. The molecular formula is C24H33N7O8.